The van der Waals surface area contributed by atoms with Crippen LogP contribution in [0.3, 0.4) is 0 Å². The van der Waals surface area contributed by atoms with E-state index >= 15 is 0 Å². The number of rotatable bonds is 8. The first-order valence-electron chi connectivity index (χ1n) is 10.8. The van der Waals surface area contributed by atoms with E-state index in [1.165, 1.54) is 23.0 Å². The summed E-state index contributed by atoms with van der Waals surface area (Å²) >= 11 is 17.7. The maximum absolute atomic E-state index is 13.5. The van der Waals surface area contributed by atoms with Crippen molar-refractivity contribution in [1.82, 2.24) is 20.1 Å². The smallest absolute Gasteiger partial charge is 0.274 e. The molecule has 0 unspecified atom stereocenters. The number of hydrogen-bond acceptors (Lipinski definition) is 7. The highest BCUT2D eigenvalue weighted by Gasteiger charge is 2.28. The number of aliphatic hydroxyl groups is 1. The lowest BCUT2D eigenvalue weighted by Gasteiger charge is -2.24. The highest BCUT2D eigenvalue weighted by molar-refractivity contribution is 9.10. The number of carbonyl (C=O) groups is 2. The van der Waals surface area contributed by atoms with Crippen LogP contribution in [-0.2, 0) is 0 Å². The number of amides is 2. The maximum Gasteiger partial charge on any atom is 0.274 e. The lowest BCUT2D eigenvalue weighted by Crippen LogP contribution is -2.46. The van der Waals surface area contributed by atoms with Crippen molar-refractivity contribution < 1.29 is 19.4 Å². The van der Waals surface area contributed by atoms with Gasteiger partial charge in [0.25, 0.3) is 11.8 Å². The quantitative estimate of drug-likeness (QED) is 0.340. The molecule has 0 aliphatic carbocycles. The number of ether oxygens (including phenoxy) is 1. The standard InChI is InChI=1S/C23H22BrCl2N5O4S/c1-23(2,11-32)29-21(33)14-6-12(25)7-15(24)19(14)28-22(34)17-8-18(35-13-9-36-10-13)30-31(17)20-16(26)4-3-5-27-20/h3-8,13,32H,9-11H2,1-2H3,(H,28,34)(H,29,33). The average molecular weight is 615 g/mol. The molecule has 13 heteroatoms. The Hall–Kier alpha value is -2.31. The van der Waals surface area contributed by atoms with Crippen molar-refractivity contribution in [3.05, 3.63) is 62.3 Å². The van der Waals surface area contributed by atoms with Crippen LogP contribution in [0, 0.1) is 0 Å². The molecule has 1 saturated heterocycles. The summed E-state index contributed by atoms with van der Waals surface area (Å²) in [6, 6.07) is 7.79. The van der Waals surface area contributed by atoms with Gasteiger partial charge >= 0.3 is 0 Å². The number of nitrogens with zero attached hydrogens (tertiary/aromatic N) is 3. The van der Waals surface area contributed by atoms with Crippen LogP contribution in [0.1, 0.15) is 34.7 Å². The topological polar surface area (TPSA) is 118 Å². The van der Waals surface area contributed by atoms with Gasteiger partial charge in [-0.25, -0.2) is 9.67 Å². The van der Waals surface area contributed by atoms with Crippen LogP contribution in [0.25, 0.3) is 5.82 Å². The van der Waals surface area contributed by atoms with Crippen molar-refractivity contribution >= 4 is 68.4 Å². The van der Waals surface area contributed by atoms with E-state index in [4.69, 9.17) is 27.9 Å². The Kier molecular flexibility index (Phi) is 8.15. The molecule has 36 heavy (non-hydrogen) atoms. The van der Waals surface area contributed by atoms with Gasteiger partial charge < -0.3 is 20.5 Å². The predicted molar refractivity (Wildman–Crippen MR) is 144 cm³/mol. The summed E-state index contributed by atoms with van der Waals surface area (Å²) in [5, 5.41) is 20.0. The Morgan fingerprint density at radius 2 is 2.03 bits per heavy atom. The first-order valence-corrected chi connectivity index (χ1v) is 13.5. The molecule has 3 N–H and O–H groups in total. The molecule has 3 heterocycles. The molecular formula is C23H22BrCl2N5O4S. The van der Waals surface area contributed by atoms with Crippen LogP contribution in [0.5, 0.6) is 5.88 Å². The lowest BCUT2D eigenvalue weighted by atomic mass is 10.1. The van der Waals surface area contributed by atoms with Gasteiger partial charge in [0, 0.05) is 33.3 Å². The highest BCUT2D eigenvalue weighted by Crippen LogP contribution is 2.32. The molecule has 2 aromatic heterocycles. The van der Waals surface area contributed by atoms with Gasteiger partial charge in [-0.05, 0) is 54.0 Å². The summed E-state index contributed by atoms with van der Waals surface area (Å²) in [7, 11) is 0. The van der Waals surface area contributed by atoms with Crippen LogP contribution in [0.15, 0.2) is 41.0 Å². The van der Waals surface area contributed by atoms with Crippen molar-refractivity contribution in [2.75, 3.05) is 23.4 Å². The van der Waals surface area contributed by atoms with Gasteiger partial charge in [0.2, 0.25) is 5.88 Å². The van der Waals surface area contributed by atoms with Crippen LogP contribution in [0.2, 0.25) is 10.0 Å². The van der Waals surface area contributed by atoms with Gasteiger partial charge in [0.15, 0.2) is 5.82 Å². The van der Waals surface area contributed by atoms with E-state index in [0.717, 1.165) is 11.5 Å². The molecule has 1 aromatic carbocycles. The Labute approximate surface area is 230 Å². The van der Waals surface area contributed by atoms with Gasteiger partial charge in [0.1, 0.15) is 11.8 Å². The van der Waals surface area contributed by atoms with E-state index in [9.17, 15) is 14.7 Å². The van der Waals surface area contributed by atoms with E-state index in [1.54, 1.807) is 43.8 Å². The van der Waals surface area contributed by atoms with E-state index in [0.29, 0.717) is 9.50 Å². The average Bonchev–Trinajstić information content (AvgIpc) is 3.21. The van der Waals surface area contributed by atoms with Crippen molar-refractivity contribution in [2.24, 2.45) is 0 Å². The maximum atomic E-state index is 13.5. The molecule has 1 aliphatic rings. The van der Waals surface area contributed by atoms with Crippen molar-refractivity contribution in [2.45, 2.75) is 25.5 Å². The number of benzene rings is 1. The first kappa shape index (κ1) is 26.7. The normalized spacial score (nSPS) is 13.7. The number of carbonyl (C=O) groups excluding carboxylic acids is 2. The molecule has 1 fully saturated rings. The molecule has 9 nitrogen and oxygen atoms in total. The van der Waals surface area contributed by atoms with Gasteiger partial charge in [-0.15, -0.1) is 5.10 Å². The number of aliphatic hydroxyl groups excluding tert-OH is 1. The minimum atomic E-state index is -0.895. The predicted octanol–water partition coefficient (Wildman–Crippen LogP) is 4.58. The summed E-state index contributed by atoms with van der Waals surface area (Å²) in [6.45, 7) is 3.05. The van der Waals surface area contributed by atoms with E-state index < -0.39 is 17.4 Å². The zero-order chi connectivity index (χ0) is 26.0. The number of aromatic nitrogens is 3. The monoisotopic (exact) mass is 613 g/mol. The number of nitrogens with one attached hydrogen (secondary N) is 2. The van der Waals surface area contributed by atoms with Crippen molar-refractivity contribution in [1.29, 1.82) is 0 Å². The van der Waals surface area contributed by atoms with E-state index in [1.807, 2.05) is 0 Å². The fourth-order valence-electron chi connectivity index (χ4n) is 3.20. The second kappa shape index (κ2) is 11.0. The third kappa shape index (κ3) is 5.97. The largest absolute Gasteiger partial charge is 0.472 e. The summed E-state index contributed by atoms with van der Waals surface area (Å²) < 4.78 is 7.58. The Morgan fingerprint density at radius 1 is 1.28 bits per heavy atom. The zero-order valence-corrected chi connectivity index (χ0v) is 23.1. The summed E-state index contributed by atoms with van der Waals surface area (Å²) in [5.74, 6) is 1.06. The molecule has 0 spiro atoms. The Bertz CT molecular complexity index is 1320. The summed E-state index contributed by atoms with van der Waals surface area (Å²) in [4.78, 5) is 30.8. The van der Waals surface area contributed by atoms with Gasteiger partial charge in [-0.2, -0.15) is 11.8 Å². The minimum Gasteiger partial charge on any atom is -0.472 e. The van der Waals surface area contributed by atoms with Gasteiger partial charge in [-0.3, -0.25) is 9.59 Å². The number of thioether (sulfide) groups is 1. The Morgan fingerprint density at radius 3 is 2.67 bits per heavy atom. The summed E-state index contributed by atoms with van der Waals surface area (Å²) in [6.07, 6.45) is 1.54. The lowest BCUT2D eigenvalue weighted by molar-refractivity contribution is 0.0870. The number of halogens is 3. The van der Waals surface area contributed by atoms with Crippen molar-refractivity contribution in [3.8, 4) is 11.7 Å². The molecule has 0 radical (unpaired) electrons. The Balaban J connectivity index is 1.71. The molecule has 0 bridgehead atoms. The third-order valence-corrected chi connectivity index (χ3v) is 7.49. The van der Waals surface area contributed by atoms with Crippen LogP contribution in [0.4, 0.5) is 5.69 Å². The van der Waals surface area contributed by atoms with Gasteiger partial charge in [-0.1, -0.05) is 23.2 Å². The molecule has 0 saturated carbocycles. The van der Waals surface area contributed by atoms with Crippen LogP contribution in [-0.4, -0.2) is 61.4 Å². The fourth-order valence-corrected chi connectivity index (χ4v) is 4.87. The fraction of sp³-hybridized carbons (Fsp3) is 0.304. The minimum absolute atomic E-state index is 0.00375. The first-order chi connectivity index (χ1) is 17.1. The molecular weight excluding hydrogens is 593 g/mol. The van der Waals surface area contributed by atoms with Crippen molar-refractivity contribution in [3.63, 3.8) is 0 Å². The zero-order valence-electron chi connectivity index (χ0n) is 19.2. The third-order valence-electron chi connectivity index (χ3n) is 5.14. The number of anilines is 1. The summed E-state index contributed by atoms with van der Waals surface area (Å²) in [5.41, 5.74) is -0.503. The van der Waals surface area contributed by atoms with Crippen LogP contribution >= 0.6 is 50.9 Å². The number of hydrogen-bond donors (Lipinski definition) is 3. The molecule has 3 aromatic rings. The molecule has 1 aliphatic heterocycles. The van der Waals surface area contributed by atoms with Crippen LogP contribution < -0.4 is 15.4 Å². The SMILES string of the molecule is CC(C)(CO)NC(=O)c1cc(Cl)cc(Br)c1NC(=O)c1cc(OC2CSC2)nn1-c1ncccc1Cl. The molecule has 4 rings (SSSR count). The molecule has 190 valence electrons. The highest BCUT2D eigenvalue weighted by atomic mass is 79.9. The second-order valence-electron chi connectivity index (χ2n) is 8.63. The van der Waals surface area contributed by atoms with E-state index in [2.05, 4.69) is 36.6 Å². The van der Waals surface area contributed by atoms with E-state index in [-0.39, 0.29) is 46.4 Å². The second-order valence-corrected chi connectivity index (χ2v) is 11.4. The molecule has 2 amide bonds. The van der Waals surface area contributed by atoms with Gasteiger partial charge in [0.05, 0.1) is 28.4 Å². The number of pyridine rings is 1. The molecule has 0 atom stereocenters.